The Morgan fingerprint density at radius 2 is 1.67 bits per heavy atom. The Morgan fingerprint density at radius 3 is 2.33 bits per heavy atom. The van der Waals surface area contributed by atoms with Gasteiger partial charge in [-0.3, -0.25) is 14.4 Å². The summed E-state index contributed by atoms with van der Waals surface area (Å²) in [6.45, 7) is 3.56. The van der Waals surface area contributed by atoms with Crippen molar-refractivity contribution in [2.24, 2.45) is 11.8 Å². The predicted octanol–water partition coefficient (Wildman–Crippen LogP) is 4.60. The van der Waals surface area contributed by atoms with Crippen molar-refractivity contribution in [3.63, 3.8) is 0 Å². The summed E-state index contributed by atoms with van der Waals surface area (Å²) in [6.07, 6.45) is 2.31. The number of thiazole rings is 1. The number of aromatic nitrogens is 1. The third kappa shape index (κ3) is 5.04. The van der Waals surface area contributed by atoms with E-state index >= 15 is 0 Å². The van der Waals surface area contributed by atoms with E-state index in [1.165, 1.54) is 11.3 Å². The maximum atomic E-state index is 13.1. The van der Waals surface area contributed by atoms with Gasteiger partial charge < -0.3 is 15.1 Å². The summed E-state index contributed by atoms with van der Waals surface area (Å²) in [5, 5.41) is 3.64. The molecule has 2 aromatic carbocycles. The number of nitrogens with zero attached hydrogens (tertiary/aromatic N) is 3. The standard InChI is InChI=1S/C28H30N4O3S/c1-2-23-25(19-9-5-3-6-10-19)29-28(36-23)30-26(34)20-13-15-31(16-14-20)27(35)21-17-24(33)32(18-21)22-11-7-4-8-12-22/h3-12,20-21H,2,13-18H2,1H3,(H,29,30,34). The molecule has 5 rings (SSSR count). The quantitative estimate of drug-likeness (QED) is 0.534. The lowest BCUT2D eigenvalue weighted by atomic mass is 9.94. The van der Waals surface area contributed by atoms with Gasteiger partial charge in [-0.05, 0) is 31.4 Å². The van der Waals surface area contributed by atoms with Crippen LogP contribution in [0.2, 0.25) is 0 Å². The molecule has 2 saturated heterocycles. The highest BCUT2D eigenvalue weighted by Crippen LogP contribution is 2.33. The van der Waals surface area contributed by atoms with Crippen LogP contribution >= 0.6 is 11.3 Å². The molecule has 1 atom stereocenters. The minimum absolute atomic E-state index is 0.0145. The molecule has 1 N–H and O–H groups in total. The maximum Gasteiger partial charge on any atom is 0.229 e. The minimum atomic E-state index is -0.331. The number of carbonyl (C=O) groups excluding carboxylic acids is 3. The summed E-state index contributed by atoms with van der Waals surface area (Å²) in [5.74, 6) is -0.528. The van der Waals surface area contributed by atoms with Gasteiger partial charge in [-0.25, -0.2) is 4.98 Å². The van der Waals surface area contributed by atoms with Gasteiger partial charge in [0.2, 0.25) is 17.7 Å². The average Bonchev–Trinajstić information content (AvgIpc) is 3.52. The summed E-state index contributed by atoms with van der Waals surface area (Å²) in [6, 6.07) is 19.5. The first-order chi connectivity index (χ1) is 17.5. The first-order valence-corrected chi connectivity index (χ1v) is 13.3. The van der Waals surface area contributed by atoms with Crippen LogP contribution in [0.15, 0.2) is 60.7 Å². The summed E-state index contributed by atoms with van der Waals surface area (Å²) < 4.78 is 0. The summed E-state index contributed by atoms with van der Waals surface area (Å²) in [5.41, 5.74) is 2.81. The van der Waals surface area contributed by atoms with E-state index < -0.39 is 0 Å². The third-order valence-corrected chi connectivity index (χ3v) is 8.13. The van der Waals surface area contributed by atoms with Crippen molar-refractivity contribution >= 4 is 39.9 Å². The van der Waals surface area contributed by atoms with Crippen LogP contribution < -0.4 is 10.2 Å². The number of carbonyl (C=O) groups is 3. The molecule has 0 radical (unpaired) electrons. The van der Waals surface area contributed by atoms with E-state index in [0.29, 0.717) is 37.6 Å². The number of amides is 3. The molecule has 3 aromatic rings. The lowest BCUT2D eigenvalue weighted by Crippen LogP contribution is -2.44. The van der Waals surface area contributed by atoms with Crippen LogP contribution in [0, 0.1) is 11.8 Å². The fraction of sp³-hybridized carbons (Fsp3) is 0.357. The van der Waals surface area contributed by atoms with E-state index in [1.54, 1.807) is 4.90 Å². The van der Waals surface area contributed by atoms with E-state index in [4.69, 9.17) is 4.98 Å². The molecule has 3 heterocycles. The monoisotopic (exact) mass is 502 g/mol. The zero-order valence-electron chi connectivity index (χ0n) is 20.4. The molecular weight excluding hydrogens is 472 g/mol. The largest absolute Gasteiger partial charge is 0.342 e. The molecule has 0 bridgehead atoms. The molecule has 0 aliphatic carbocycles. The smallest absolute Gasteiger partial charge is 0.229 e. The number of likely N-dealkylation sites (tertiary alicyclic amines) is 1. The Balaban J connectivity index is 1.16. The summed E-state index contributed by atoms with van der Waals surface area (Å²) in [4.78, 5) is 48.0. The molecule has 2 fully saturated rings. The Hall–Kier alpha value is -3.52. The first kappa shape index (κ1) is 24.2. The Labute approximate surface area is 215 Å². The number of hydrogen-bond donors (Lipinski definition) is 1. The SMILES string of the molecule is CCc1sc(NC(=O)C2CCN(C(=O)C3CC(=O)N(c4ccccc4)C3)CC2)nc1-c1ccccc1. The number of para-hydroxylation sites is 1. The van der Waals surface area contributed by atoms with Crippen LogP contribution in [0.5, 0.6) is 0 Å². The number of piperidine rings is 1. The van der Waals surface area contributed by atoms with Gasteiger partial charge >= 0.3 is 0 Å². The molecule has 3 amide bonds. The second-order valence-electron chi connectivity index (χ2n) is 9.34. The molecule has 36 heavy (non-hydrogen) atoms. The fourth-order valence-electron chi connectivity index (χ4n) is 5.02. The Kier molecular flexibility index (Phi) is 7.13. The summed E-state index contributed by atoms with van der Waals surface area (Å²) >= 11 is 1.52. The Bertz CT molecular complexity index is 1240. The fourth-order valence-corrected chi connectivity index (χ4v) is 5.95. The summed E-state index contributed by atoms with van der Waals surface area (Å²) in [7, 11) is 0. The van der Waals surface area contributed by atoms with Gasteiger partial charge in [0.1, 0.15) is 0 Å². The van der Waals surface area contributed by atoms with Crippen LogP contribution in [-0.2, 0) is 20.8 Å². The predicted molar refractivity (Wildman–Crippen MR) is 142 cm³/mol. The van der Waals surface area contributed by atoms with Crippen molar-refractivity contribution in [2.75, 3.05) is 29.9 Å². The van der Waals surface area contributed by atoms with Gasteiger partial charge in [-0.15, -0.1) is 11.3 Å². The maximum absolute atomic E-state index is 13.1. The van der Waals surface area contributed by atoms with E-state index in [0.717, 1.165) is 28.2 Å². The second-order valence-corrected chi connectivity index (χ2v) is 10.4. The molecule has 186 valence electrons. The average molecular weight is 503 g/mol. The van der Waals surface area contributed by atoms with Crippen molar-refractivity contribution in [3.05, 3.63) is 65.5 Å². The van der Waals surface area contributed by atoms with E-state index in [2.05, 4.69) is 12.2 Å². The molecule has 8 heteroatoms. The number of rotatable bonds is 6. The first-order valence-electron chi connectivity index (χ1n) is 12.5. The molecule has 2 aliphatic rings. The number of anilines is 2. The molecule has 0 saturated carbocycles. The third-order valence-electron chi connectivity index (χ3n) is 7.02. The van der Waals surface area contributed by atoms with Crippen molar-refractivity contribution in [3.8, 4) is 11.3 Å². The van der Waals surface area contributed by atoms with Gasteiger partial charge in [0.05, 0.1) is 11.6 Å². The normalized spacial score (nSPS) is 18.5. The van der Waals surface area contributed by atoms with E-state index in [9.17, 15) is 14.4 Å². The van der Waals surface area contributed by atoms with Gasteiger partial charge in [-0.2, -0.15) is 0 Å². The zero-order valence-corrected chi connectivity index (χ0v) is 21.2. The number of hydrogen-bond acceptors (Lipinski definition) is 5. The molecule has 7 nitrogen and oxygen atoms in total. The highest BCUT2D eigenvalue weighted by atomic mass is 32.1. The van der Waals surface area contributed by atoms with Crippen LogP contribution in [0.1, 0.15) is 31.1 Å². The Morgan fingerprint density at radius 1 is 1.00 bits per heavy atom. The lowest BCUT2D eigenvalue weighted by Gasteiger charge is -2.32. The van der Waals surface area contributed by atoms with E-state index in [-0.39, 0.29) is 36.0 Å². The zero-order chi connectivity index (χ0) is 25.1. The number of aryl methyl sites for hydroxylation is 1. The van der Waals surface area contributed by atoms with Gasteiger partial charge in [0.25, 0.3) is 0 Å². The minimum Gasteiger partial charge on any atom is -0.342 e. The topological polar surface area (TPSA) is 82.6 Å². The van der Waals surface area contributed by atoms with E-state index in [1.807, 2.05) is 65.6 Å². The van der Waals surface area contributed by atoms with Crippen molar-refractivity contribution in [2.45, 2.75) is 32.6 Å². The van der Waals surface area contributed by atoms with Crippen molar-refractivity contribution in [1.29, 1.82) is 0 Å². The molecule has 1 unspecified atom stereocenters. The molecule has 1 aromatic heterocycles. The van der Waals surface area contributed by atoms with Gasteiger partial charge in [0.15, 0.2) is 5.13 Å². The van der Waals surface area contributed by atoms with Crippen LogP contribution in [0.25, 0.3) is 11.3 Å². The molecule has 0 spiro atoms. The van der Waals surface area contributed by atoms with Crippen LogP contribution in [0.3, 0.4) is 0 Å². The van der Waals surface area contributed by atoms with Gasteiger partial charge in [-0.1, -0.05) is 55.5 Å². The van der Waals surface area contributed by atoms with Crippen LogP contribution in [-0.4, -0.2) is 47.2 Å². The van der Waals surface area contributed by atoms with Gasteiger partial charge in [0, 0.05) is 48.1 Å². The van der Waals surface area contributed by atoms with Crippen LogP contribution in [0.4, 0.5) is 10.8 Å². The number of benzene rings is 2. The highest BCUT2D eigenvalue weighted by molar-refractivity contribution is 7.16. The lowest BCUT2D eigenvalue weighted by molar-refractivity contribution is -0.138. The number of nitrogens with one attached hydrogen (secondary N) is 1. The second kappa shape index (κ2) is 10.6. The molecule has 2 aliphatic heterocycles. The van der Waals surface area contributed by atoms with Crippen molar-refractivity contribution in [1.82, 2.24) is 9.88 Å². The highest BCUT2D eigenvalue weighted by Gasteiger charge is 2.38. The molecular formula is C28H30N4O3S. The van der Waals surface area contributed by atoms with Crippen molar-refractivity contribution < 1.29 is 14.4 Å².